The maximum absolute atomic E-state index is 11.5. The average Bonchev–Trinajstić information content (AvgIpc) is 3.57. The number of nitriles is 1. The number of ether oxygens (including phenoxy) is 1. The van der Waals surface area contributed by atoms with Gasteiger partial charge in [0, 0.05) is 18.8 Å². The van der Waals surface area contributed by atoms with E-state index in [2.05, 4.69) is 48.3 Å². The highest BCUT2D eigenvalue weighted by Crippen LogP contribution is 2.46. The van der Waals surface area contributed by atoms with Crippen LogP contribution in [0, 0.1) is 17.2 Å². The van der Waals surface area contributed by atoms with Crippen molar-refractivity contribution in [1.29, 1.82) is 5.26 Å². The summed E-state index contributed by atoms with van der Waals surface area (Å²) in [5.41, 5.74) is 4.62. The summed E-state index contributed by atoms with van der Waals surface area (Å²) in [4.78, 5) is 13.8. The molecular formula is C25H29N3O3. The van der Waals surface area contributed by atoms with Crippen molar-refractivity contribution in [3.05, 3.63) is 53.6 Å². The van der Waals surface area contributed by atoms with Crippen LogP contribution in [-0.2, 0) is 9.53 Å². The van der Waals surface area contributed by atoms with Crippen molar-refractivity contribution in [3.63, 3.8) is 0 Å². The number of nitrogens with zero attached hydrogens (tertiary/aromatic N) is 2. The first-order chi connectivity index (χ1) is 14.9. The van der Waals surface area contributed by atoms with Gasteiger partial charge in [0.15, 0.2) is 0 Å². The van der Waals surface area contributed by atoms with Crippen LogP contribution >= 0.6 is 0 Å². The molecule has 6 nitrogen and oxygen atoms in total. The largest absolute Gasteiger partial charge is 0.481 e. The van der Waals surface area contributed by atoms with E-state index in [0.717, 1.165) is 48.6 Å². The van der Waals surface area contributed by atoms with E-state index < -0.39 is 5.97 Å². The Morgan fingerprint density at radius 3 is 2.45 bits per heavy atom. The Morgan fingerprint density at radius 2 is 1.87 bits per heavy atom. The van der Waals surface area contributed by atoms with Gasteiger partial charge >= 0.3 is 5.97 Å². The standard InChI is InChI=1S/C25H29N3O3/c1-16-14-28(15-17(2)31-16)24-10-7-20(22(12-25(29)30)19-5-6-19)11-23(24)27-21-8-3-18(13-26)4-9-21/h3-4,7-11,16-17,19,22,27H,5-6,12,14-15H2,1-2H3,(H,29,30)/t16-,17+,22?. The lowest BCUT2D eigenvalue weighted by Crippen LogP contribution is -2.45. The molecule has 3 atom stereocenters. The Morgan fingerprint density at radius 1 is 1.19 bits per heavy atom. The van der Waals surface area contributed by atoms with Gasteiger partial charge in [-0.2, -0.15) is 5.26 Å². The molecule has 6 heteroatoms. The van der Waals surface area contributed by atoms with Crippen LogP contribution in [0.5, 0.6) is 0 Å². The fourth-order valence-corrected chi connectivity index (χ4v) is 4.56. The fourth-order valence-electron chi connectivity index (χ4n) is 4.56. The lowest BCUT2D eigenvalue weighted by Gasteiger charge is -2.38. The highest BCUT2D eigenvalue weighted by molar-refractivity contribution is 5.77. The van der Waals surface area contributed by atoms with Crippen LogP contribution in [0.2, 0.25) is 0 Å². The predicted molar refractivity (Wildman–Crippen MR) is 121 cm³/mol. The quantitative estimate of drug-likeness (QED) is 0.665. The number of hydrogen-bond donors (Lipinski definition) is 2. The lowest BCUT2D eigenvalue weighted by atomic mass is 9.90. The molecule has 0 aromatic heterocycles. The van der Waals surface area contributed by atoms with Crippen molar-refractivity contribution in [2.45, 2.75) is 51.2 Å². The van der Waals surface area contributed by atoms with E-state index in [1.165, 1.54) is 0 Å². The number of aliphatic carboxylic acids is 1. The molecule has 1 saturated heterocycles. The highest BCUT2D eigenvalue weighted by atomic mass is 16.5. The van der Waals surface area contributed by atoms with Gasteiger partial charge in [-0.1, -0.05) is 6.07 Å². The summed E-state index contributed by atoms with van der Waals surface area (Å²) in [6, 6.07) is 15.9. The summed E-state index contributed by atoms with van der Waals surface area (Å²) in [6.45, 7) is 5.77. The van der Waals surface area contributed by atoms with Crippen LogP contribution in [0.4, 0.5) is 17.1 Å². The first kappa shape index (κ1) is 21.2. The van der Waals surface area contributed by atoms with Crippen LogP contribution in [0.15, 0.2) is 42.5 Å². The zero-order valence-electron chi connectivity index (χ0n) is 18.0. The fraction of sp³-hybridized carbons (Fsp3) is 0.440. The second kappa shape index (κ2) is 8.99. The number of morpholine rings is 1. The molecule has 162 valence electrons. The van der Waals surface area contributed by atoms with Crippen LogP contribution in [0.25, 0.3) is 0 Å². The third kappa shape index (κ3) is 5.18. The third-order valence-electron chi connectivity index (χ3n) is 6.09. The van der Waals surface area contributed by atoms with E-state index in [1.807, 2.05) is 12.1 Å². The minimum atomic E-state index is -0.751. The molecule has 4 rings (SSSR count). The summed E-state index contributed by atoms with van der Waals surface area (Å²) in [7, 11) is 0. The summed E-state index contributed by atoms with van der Waals surface area (Å²) in [5, 5.41) is 22.0. The van der Waals surface area contributed by atoms with Crippen molar-refractivity contribution in [2.24, 2.45) is 5.92 Å². The third-order valence-corrected chi connectivity index (χ3v) is 6.09. The lowest BCUT2D eigenvalue weighted by molar-refractivity contribution is -0.137. The van der Waals surface area contributed by atoms with Crippen LogP contribution in [-0.4, -0.2) is 36.4 Å². The monoisotopic (exact) mass is 419 g/mol. The zero-order valence-corrected chi connectivity index (χ0v) is 18.0. The molecule has 1 heterocycles. The van der Waals surface area contributed by atoms with E-state index >= 15 is 0 Å². The molecule has 1 saturated carbocycles. The Kier molecular flexibility index (Phi) is 6.15. The Bertz CT molecular complexity index is 968. The van der Waals surface area contributed by atoms with E-state index in [4.69, 9.17) is 10.00 Å². The van der Waals surface area contributed by atoms with Gasteiger partial charge in [-0.05, 0) is 80.5 Å². The maximum Gasteiger partial charge on any atom is 0.303 e. The number of carboxylic acids is 1. The summed E-state index contributed by atoms with van der Waals surface area (Å²) in [6.07, 6.45) is 2.62. The zero-order chi connectivity index (χ0) is 22.0. The van der Waals surface area contributed by atoms with Crippen molar-refractivity contribution < 1.29 is 14.6 Å². The van der Waals surface area contributed by atoms with Gasteiger partial charge in [-0.15, -0.1) is 0 Å². The van der Waals surface area contributed by atoms with E-state index in [0.29, 0.717) is 11.5 Å². The number of nitrogens with one attached hydrogen (secondary N) is 1. The summed E-state index contributed by atoms with van der Waals surface area (Å²) in [5.74, 6) is -0.262. The molecule has 0 bridgehead atoms. The number of rotatable bonds is 7. The van der Waals surface area contributed by atoms with Crippen molar-refractivity contribution in [1.82, 2.24) is 0 Å². The molecule has 1 aliphatic carbocycles. The topological polar surface area (TPSA) is 85.6 Å². The normalized spacial score (nSPS) is 21.9. The van der Waals surface area contributed by atoms with Gasteiger partial charge in [0.05, 0.1) is 41.6 Å². The number of benzene rings is 2. The molecular weight excluding hydrogens is 390 g/mol. The maximum atomic E-state index is 11.5. The van der Waals surface area contributed by atoms with Crippen molar-refractivity contribution >= 4 is 23.0 Å². The Labute approximate surface area is 183 Å². The second-order valence-electron chi connectivity index (χ2n) is 8.79. The van der Waals surface area contributed by atoms with Gasteiger partial charge in [-0.25, -0.2) is 0 Å². The average molecular weight is 420 g/mol. The Balaban J connectivity index is 1.69. The molecule has 1 unspecified atom stereocenters. The SMILES string of the molecule is C[C@@H]1CN(c2ccc(C(CC(=O)O)C3CC3)cc2Nc2ccc(C#N)cc2)C[C@H](C)O1. The molecule has 2 aliphatic rings. The molecule has 0 spiro atoms. The van der Waals surface area contributed by atoms with Gasteiger partial charge in [0.2, 0.25) is 0 Å². The van der Waals surface area contributed by atoms with E-state index in [1.54, 1.807) is 12.1 Å². The van der Waals surface area contributed by atoms with Gasteiger partial charge in [0.1, 0.15) is 0 Å². The summed E-state index contributed by atoms with van der Waals surface area (Å²) < 4.78 is 5.91. The van der Waals surface area contributed by atoms with Gasteiger partial charge in [0.25, 0.3) is 0 Å². The first-order valence-corrected chi connectivity index (χ1v) is 11.0. The summed E-state index contributed by atoms with van der Waals surface area (Å²) >= 11 is 0. The molecule has 2 aromatic carbocycles. The van der Waals surface area contributed by atoms with E-state index in [-0.39, 0.29) is 24.5 Å². The molecule has 1 aliphatic heterocycles. The molecule has 0 amide bonds. The Hall–Kier alpha value is -3.04. The minimum absolute atomic E-state index is 0.0376. The second-order valence-corrected chi connectivity index (χ2v) is 8.79. The number of carboxylic acid groups (broad SMARTS) is 1. The molecule has 31 heavy (non-hydrogen) atoms. The minimum Gasteiger partial charge on any atom is -0.481 e. The number of hydrogen-bond acceptors (Lipinski definition) is 5. The molecule has 2 N–H and O–H groups in total. The van der Waals surface area contributed by atoms with Gasteiger partial charge in [-0.3, -0.25) is 4.79 Å². The number of carbonyl (C=O) groups is 1. The van der Waals surface area contributed by atoms with Crippen molar-refractivity contribution in [3.8, 4) is 6.07 Å². The predicted octanol–water partition coefficient (Wildman–Crippen LogP) is 4.88. The highest BCUT2D eigenvalue weighted by Gasteiger charge is 2.34. The molecule has 2 fully saturated rings. The number of anilines is 3. The van der Waals surface area contributed by atoms with Crippen molar-refractivity contribution in [2.75, 3.05) is 23.3 Å². The first-order valence-electron chi connectivity index (χ1n) is 11.0. The van der Waals surface area contributed by atoms with Gasteiger partial charge < -0.3 is 20.1 Å². The van der Waals surface area contributed by atoms with Crippen LogP contribution in [0.1, 0.15) is 50.2 Å². The molecule has 0 radical (unpaired) electrons. The smallest absolute Gasteiger partial charge is 0.303 e. The van der Waals surface area contributed by atoms with Crippen LogP contribution < -0.4 is 10.2 Å². The molecule has 2 aromatic rings. The van der Waals surface area contributed by atoms with Crippen LogP contribution in [0.3, 0.4) is 0 Å². The van der Waals surface area contributed by atoms with E-state index in [9.17, 15) is 9.90 Å².